The van der Waals surface area contributed by atoms with Gasteiger partial charge in [-0.15, -0.1) is 12.4 Å². The highest BCUT2D eigenvalue weighted by Crippen LogP contribution is 2.22. The number of hydrogen-bond donors (Lipinski definition) is 3. The number of rotatable bonds is 5. The van der Waals surface area contributed by atoms with Crippen molar-refractivity contribution in [3.8, 4) is 0 Å². The third-order valence-corrected chi connectivity index (χ3v) is 3.86. The van der Waals surface area contributed by atoms with Crippen LogP contribution in [-0.4, -0.2) is 49.6 Å². The van der Waals surface area contributed by atoms with Gasteiger partial charge < -0.3 is 10.6 Å². The van der Waals surface area contributed by atoms with Crippen LogP contribution in [0.3, 0.4) is 0 Å². The standard InChI is InChI=1S/C17H25FN4O2.ClH/c1-12(2)9-20-17(24)21-16(23)11-22-7-6-19-10-15(22)13-4-3-5-14(18)8-13;/h3-5,8,12,15,19H,6-7,9-11H2,1-2H3,(H2,20,21,23,24);1H. The average molecular weight is 373 g/mol. The van der Waals surface area contributed by atoms with Gasteiger partial charge in [0.1, 0.15) is 5.82 Å². The van der Waals surface area contributed by atoms with E-state index in [-0.39, 0.29) is 36.7 Å². The molecule has 0 bridgehead atoms. The van der Waals surface area contributed by atoms with E-state index in [1.165, 1.54) is 12.1 Å². The number of carbonyl (C=O) groups excluding carboxylic acids is 2. The van der Waals surface area contributed by atoms with Crippen molar-refractivity contribution in [3.63, 3.8) is 0 Å². The lowest BCUT2D eigenvalue weighted by atomic mass is 10.0. The quantitative estimate of drug-likeness (QED) is 0.735. The van der Waals surface area contributed by atoms with E-state index in [0.717, 1.165) is 12.1 Å². The summed E-state index contributed by atoms with van der Waals surface area (Å²) in [5, 5.41) is 8.24. The molecule has 1 aliphatic heterocycles. The molecule has 140 valence electrons. The molecule has 1 aromatic carbocycles. The van der Waals surface area contributed by atoms with Gasteiger partial charge in [0.15, 0.2) is 0 Å². The van der Waals surface area contributed by atoms with E-state index in [1.807, 2.05) is 24.8 Å². The van der Waals surface area contributed by atoms with E-state index in [0.29, 0.717) is 25.6 Å². The largest absolute Gasteiger partial charge is 0.338 e. The predicted molar refractivity (Wildman–Crippen MR) is 97.2 cm³/mol. The van der Waals surface area contributed by atoms with Crippen LogP contribution >= 0.6 is 12.4 Å². The Morgan fingerprint density at radius 1 is 1.40 bits per heavy atom. The zero-order valence-corrected chi connectivity index (χ0v) is 15.4. The molecule has 0 aromatic heterocycles. The van der Waals surface area contributed by atoms with Crippen molar-refractivity contribution < 1.29 is 14.0 Å². The second-order valence-corrected chi connectivity index (χ2v) is 6.40. The first kappa shape index (κ1) is 21.3. The van der Waals surface area contributed by atoms with Gasteiger partial charge in [-0.1, -0.05) is 26.0 Å². The molecule has 1 atom stereocenters. The van der Waals surface area contributed by atoms with Gasteiger partial charge in [0.2, 0.25) is 5.91 Å². The molecule has 0 aliphatic carbocycles. The molecule has 1 aromatic rings. The normalized spacial score (nSPS) is 17.7. The average Bonchev–Trinajstić information content (AvgIpc) is 2.53. The number of carbonyl (C=O) groups is 2. The number of imide groups is 1. The van der Waals surface area contributed by atoms with Crippen LogP contribution in [0.1, 0.15) is 25.5 Å². The topological polar surface area (TPSA) is 73.5 Å². The summed E-state index contributed by atoms with van der Waals surface area (Å²) in [7, 11) is 0. The molecule has 1 aliphatic rings. The van der Waals surface area contributed by atoms with Crippen molar-refractivity contribution in [3.05, 3.63) is 35.6 Å². The van der Waals surface area contributed by atoms with Gasteiger partial charge in [-0.2, -0.15) is 0 Å². The van der Waals surface area contributed by atoms with Crippen molar-refractivity contribution in [2.75, 3.05) is 32.7 Å². The summed E-state index contributed by atoms with van der Waals surface area (Å²) in [5.74, 6) is -0.341. The third kappa shape index (κ3) is 6.97. The molecule has 1 unspecified atom stereocenters. The predicted octanol–water partition coefficient (Wildman–Crippen LogP) is 1.68. The highest BCUT2D eigenvalue weighted by atomic mass is 35.5. The van der Waals surface area contributed by atoms with Crippen LogP contribution in [0.15, 0.2) is 24.3 Å². The van der Waals surface area contributed by atoms with Gasteiger partial charge in [-0.3, -0.25) is 15.0 Å². The van der Waals surface area contributed by atoms with Crippen molar-refractivity contribution in [1.82, 2.24) is 20.9 Å². The number of piperazine rings is 1. The molecule has 0 saturated carbocycles. The lowest BCUT2D eigenvalue weighted by molar-refractivity contribution is -0.122. The summed E-state index contributed by atoms with van der Waals surface area (Å²) in [6.07, 6.45) is 0. The van der Waals surface area contributed by atoms with Crippen LogP contribution < -0.4 is 16.0 Å². The first-order valence-electron chi connectivity index (χ1n) is 8.23. The second kappa shape index (κ2) is 10.3. The maximum absolute atomic E-state index is 13.5. The molecule has 1 fully saturated rings. The van der Waals surface area contributed by atoms with Gasteiger partial charge in [-0.05, 0) is 23.6 Å². The third-order valence-electron chi connectivity index (χ3n) is 3.86. The summed E-state index contributed by atoms with van der Waals surface area (Å²) in [6.45, 7) is 6.60. The summed E-state index contributed by atoms with van der Waals surface area (Å²) in [4.78, 5) is 25.7. The smallest absolute Gasteiger partial charge is 0.321 e. The maximum Gasteiger partial charge on any atom is 0.321 e. The second-order valence-electron chi connectivity index (χ2n) is 6.40. The zero-order valence-electron chi connectivity index (χ0n) is 14.5. The van der Waals surface area contributed by atoms with Gasteiger partial charge in [0.25, 0.3) is 0 Å². The number of amides is 3. The van der Waals surface area contributed by atoms with E-state index < -0.39 is 6.03 Å². The first-order valence-corrected chi connectivity index (χ1v) is 8.23. The SMILES string of the molecule is CC(C)CNC(=O)NC(=O)CN1CCNCC1c1cccc(F)c1.Cl. The minimum absolute atomic E-state index is 0. The molecule has 6 nitrogen and oxygen atoms in total. The van der Waals surface area contributed by atoms with Crippen LogP contribution in [0.5, 0.6) is 0 Å². The van der Waals surface area contributed by atoms with Gasteiger partial charge >= 0.3 is 6.03 Å². The fourth-order valence-electron chi connectivity index (χ4n) is 2.67. The van der Waals surface area contributed by atoms with Crippen LogP contribution in [-0.2, 0) is 4.79 Å². The van der Waals surface area contributed by atoms with Crippen molar-refractivity contribution >= 4 is 24.3 Å². The van der Waals surface area contributed by atoms with E-state index in [4.69, 9.17) is 0 Å². The fraction of sp³-hybridized carbons (Fsp3) is 0.529. The molecule has 8 heteroatoms. The van der Waals surface area contributed by atoms with Gasteiger partial charge in [0, 0.05) is 32.2 Å². The van der Waals surface area contributed by atoms with Crippen molar-refractivity contribution in [2.45, 2.75) is 19.9 Å². The number of benzene rings is 1. The van der Waals surface area contributed by atoms with Crippen LogP contribution in [0, 0.1) is 11.7 Å². The minimum Gasteiger partial charge on any atom is -0.338 e. The molecule has 0 spiro atoms. The summed E-state index contributed by atoms with van der Waals surface area (Å²) >= 11 is 0. The number of nitrogens with one attached hydrogen (secondary N) is 3. The Morgan fingerprint density at radius 2 is 2.16 bits per heavy atom. The molecule has 1 heterocycles. The molecular formula is C17H26ClFN4O2. The van der Waals surface area contributed by atoms with E-state index in [1.54, 1.807) is 6.07 Å². The summed E-state index contributed by atoms with van der Waals surface area (Å²) < 4.78 is 13.5. The molecule has 3 N–H and O–H groups in total. The highest BCUT2D eigenvalue weighted by molar-refractivity contribution is 5.95. The van der Waals surface area contributed by atoms with Gasteiger partial charge in [0.05, 0.1) is 6.54 Å². The molecule has 25 heavy (non-hydrogen) atoms. The first-order chi connectivity index (χ1) is 11.5. The van der Waals surface area contributed by atoms with E-state index in [9.17, 15) is 14.0 Å². The Kier molecular flexibility index (Phi) is 8.82. The zero-order chi connectivity index (χ0) is 17.5. The number of halogens is 2. The Hall–Kier alpha value is -1.70. The number of urea groups is 1. The molecule has 0 radical (unpaired) electrons. The highest BCUT2D eigenvalue weighted by Gasteiger charge is 2.26. The Bertz CT molecular complexity index is 586. The molecular weight excluding hydrogens is 347 g/mol. The minimum atomic E-state index is -0.480. The number of hydrogen-bond acceptors (Lipinski definition) is 4. The van der Waals surface area contributed by atoms with Crippen LogP contribution in [0.4, 0.5) is 9.18 Å². The maximum atomic E-state index is 13.5. The van der Waals surface area contributed by atoms with Crippen LogP contribution in [0.2, 0.25) is 0 Å². The Labute approximate surface area is 153 Å². The lowest BCUT2D eigenvalue weighted by Gasteiger charge is -2.35. The Balaban J connectivity index is 0.00000312. The van der Waals surface area contributed by atoms with Crippen LogP contribution in [0.25, 0.3) is 0 Å². The summed E-state index contributed by atoms with van der Waals surface area (Å²) in [6, 6.07) is 5.82. The summed E-state index contributed by atoms with van der Waals surface area (Å²) in [5.41, 5.74) is 0.819. The molecule has 1 saturated heterocycles. The van der Waals surface area contributed by atoms with E-state index in [2.05, 4.69) is 16.0 Å². The van der Waals surface area contributed by atoms with E-state index >= 15 is 0 Å². The molecule has 2 rings (SSSR count). The van der Waals surface area contributed by atoms with Crippen molar-refractivity contribution in [2.24, 2.45) is 5.92 Å². The molecule has 3 amide bonds. The lowest BCUT2D eigenvalue weighted by Crippen LogP contribution is -2.51. The Morgan fingerprint density at radius 3 is 2.84 bits per heavy atom. The van der Waals surface area contributed by atoms with Gasteiger partial charge in [-0.25, -0.2) is 9.18 Å². The fourth-order valence-corrected chi connectivity index (χ4v) is 2.67. The van der Waals surface area contributed by atoms with Crippen molar-refractivity contribution in [1.29, 1.82) is 0 Å². The monoisotopic (exact) mass is 372 g/mol. The number of nitrogens with zero attached hydrogens (tertiary/aromatic N) is 1.